The van der Waals surface area contributed by atoms with E-state index in [2.05, 4.69) is 5.32 Å². The fraction of sp³-hybridized carbons (Fsp3) is 0.571. The van der Waals surface area contributed by atoms with Gasteiger partial charge in [-0.25, -0.2) is 8.78 Å². The number of likely N-dealkylation sites (N-methyl/N-ethyl adjacent to an activating group) is 1. The fourth-order valence-electron chi connectivity index (χ4n) is 1.75. The Morgan fingerprint density at radius 3 is 2.19 bits per heavy atom. The summed E-state index contributed by atoms with van der Waals surface area (Å²) >= 11 is 0. The van der Waals surface area contributed by atoms with E-state index in [9.17, 15) is 22.7 Å². The molecular formula is C14H19F4NO2. The van der Waals surface area contributed by atoms with Gasteiger partial charge in [-0.15, -0.1) is 0 Å². The number of aliphatic hydroxyl groups is 1. The Morgan fingerprint density at radius 1 is 1.14 bits per heavy atom. The van der Waals surface area contributed by atoms with Crippen molar-refractivity contribution in [2.75, 3.05) is 20.3 Å². The third-order valence-electron chi connectivity index (χ3n) is 3.39. The summed E-state index contributed by atoms with van der Waals surface area (Å²) in [6.45, 7) is 1.69. The Kier molecular flexibility index (Phi) is 6.42. The zero-order valence-corrected chi connectivity index (χ0v) is 12.0. The molecule has 0 heterocycles. The highest BCUT2D eigenvalue weighted by Gasteiger charge is 2.21. The summed E-state index contributed by atoms with van der Waals surface area (Å²) in [6.07, 6.45) is 1.65. The van der Waals surface area contributed by atoms with Crippen molar-refractivity contribution in [2.45, 2.75) is 31.7 Å². The monoisotopic (exact) mass is 309 g/mol. The molecule has 2 N–H and O–H groups in total. The molecule has 0 saturated carbocycles. The molecule has 0 radical (unpaired) electrons. The Labute approximate surface area is 120 Å². The van der Waals surface area contributed by atoms with Crippen LogP contribution in [0.25, 0.3) is 0 Å². The topological polar surface area (TPSA) is 41.5 Å². The number of aliphatic hydroxyl groups excluding tert-OH is 1. The lowest BCUT2D eigenvalue weighted by atomic mass is 9.96. The fourth-order valence-corrected chi connectivity index (χ4v) is 1.75. The van der Waals surface area contributed by atoms with Crippen molar-refractivity contribution in [3.8, 4) is 5.75 Å². The van der Waals surface area contributed by atoms with Crippen LogP contribution in [0, 0.1) is 23.3 Å². The van der Waals surface area contributed by atoms with Gasteiger partial charge < -0.3 is 15.2 Å². The van der Waals surface area contributed by atoms with Gasteiger partial charge in [0.2, 0.25) is 11.6 Å². The first kappa shape index (κ1) is 17.7. The molecule has 1 aromatic carbocycles. The van der Waals surface area contributed by atoms with Crippen LogP contribution >= 0.6 is 0 Å². The number of benzene rings is 1. The summed E-state index contributed by atoms with van der Waals surface area (Å²) in [5, 5.41) is 12.1. The number of hydrogen-bond acceptors (Lipinski definition) is 3. The highest BCUT2D eigenvalue weighted by molar-refractivity contribution is 5.28. The van der Waals surface area contributed by atoms with Crippen LogP contribution in [-0.4, -0.2) is 30.9 Å². The number of hydrogen-bond donors (Lipinski definition) is 2. The normalized spacial score (nSPS) is 14.0. The summed E-state index contributed by atoms with van der Waals surface area (Å²) < 4.78 is 57.3. The molecule has 21 heavy (non-hydrogen) atoms. The molecule has 0 aliphatic rings. The van der Waals surface area contributed by atoms with Crippen LogP contribution < -0.4 is 10.1 Å². The molecule has 1 atom stereocenters. The van der Waals surface area contributed by atoms with Crippen LogP contribution in [0.2, 0.25) is 0 Å². The van der Waals surface area contributed by atoms with Crippen molar-refractivity contribution < 1.29 is 27.4 Å². The van der Waals surface area contributed by atoms with Gasteiger partial charge in [0, 0.05) is 11.6 Å². The van der Waals surface area contributed by atoms with Gasteiger partial charge in [-0.1, -0.05) is 0 Å². The molecule has 120 valence electrons. The molecule has 0 saturated heterocycles. The van der Waals surface area contributed by atoms with E-state index < -0.39 is 34.6 Å². The van der Waals surface area contributed by atoms with Crippen molar-refractivity contribution >= 4 is 0 Å². The third-order valence-corrected chi connectivity index (χ3v) is 3.39. The summed E-state index contributed by atoms with van der Waals surface area (Å²) in [5.74, 6) is -7.10. The molecule has 0 amide bonds. The standard InChI is InChI=1S/C14H19F4NO2/c1-14(8-20,19-2)5-3-4-6-21-13-11(17)9(15)7-10(16)12(13)18/h7,19-20H,3-6,8H2,1-2H3. The zero-order valence-electron chi connectivity index (χ0n) is 12.0. The quantitative estimate of drug-likeness (QED) is 0.441. The van der Waals surface area contributed by atoms with Crippen molar-refractivity contribution in [3.05, 3.63) is 29.3 Å². The molecule has 1 aromatic rings. The van der Waals surface area contributed by atoms with E-state index in [1.54, 1.807) is 7.05 Å². The van der Waals surface area contributed by atoms with Gasteiger partial charge in [0.1, 0.15) is 0 Å². The van der Waals surface area contributed by atoms with E-state index in [0.717, 1.165) is 0 Å². The van der Waals surface area contributed by atoms with Gasteiger partial charge in [0.25, 0.3) is 0 Å². The molecule has 0 bridgehead atoms. The van der Waals surface area contributed by atoms with Crippen LogP contribution in [0.15, 0.2) is 6.07 Å². The first-order valence-corrected chi connectivity index (χ1v) is 6.60. The largest absolute Gasteiger partial charge is 0.487 e. The highest BCUT2D eigenvalue weighted by Crippen LogP contribution is 2.26. The van der Waals surface area contributed by atoms with Crippen LogP contribution in [0.3, 0.4) is 0 Å². The minimum Gasteiger partial charge on any atom is -0.487 e. The summed E-state index contributed by atoms with van der Waals surface area (Å²) in [4.78, 5) is 0. The Bertz CT molecular complexity index is 452. The molecule has 0 aliphatic carbocycles. The van der Waals surface area contributed by atoms with Crippen molar-refractivity contribution in [2.24, 2.45) is 0 Å². The van der Waals surface area contributed by atoms with Crippen molar-refractivity contribution in [3.63, 3.8) is 0 Å². The van der Waals surface area contributed by atoms with Gasteiger partial charge in [-0.3, -0.25) is 0 Å². The number of unbranched alkanes of at least 4 members (excludes halogenated alkanes) is 1. The van der Waals surface area contributed by atoms with E-state index in [1.807, 2.05) is 6.92 Å². The third kappa shape index (κ3) is 4.57. The second kappa shape index (κ2) is 7.61. The first-order valence-electron chi connectivity index (χ1n) is 6.60. The van der Waals surface area contributed by atoms with E-state index >= 15 is 0 Å². The number of nitrogens with one attached hydrogen (secondary N) is 1. The Balaban J connectivity index is 2.51. The van der Waals surface area contributed by atoms with Crippen molar-refractivity contribution in [1.29, 1.82) is 0 Å². The molecular weight excluding hydrogens is 290 g/mol. The Hall–Kier alpha value is -1.34. The second-order valence-corrected chi connectivity index (χ2v) is 5.07. The summed E-state index contributed by atoms with van der Waals surface area (Å²) in [6, 6.07) is 0.136. The van der Waals surface area contributed by atoms with Gasteiger partial charge in [0.05, 0.1) is 13.2 Å². The maximum atomic E-state index is 13.3. The van der Waals surface area contributed by atoms with E-state index in [1.165, 1.54) is 0 Å². The van der Waals surface area contributed by atoms with Gasteiger partial charge in [0.15, 0.2) is 17.4 Å². The predicted octanol–water partition coefficient (Wildman–Crippen LogP) is 2.76. The number of ether oxygens (including phenoxy) is 1. The maximum absolute atomic E-state index is 13.3. The smallest absolute Gasteiger partial charge is 0.203 e. The average molecular weight is 309 g/mol. The molecule has 0 fully saturated rings. The SMILES string of the molecule is CNC(C)(CO)CCCCOc1c(F)c(F)cc(F)c1F. The molecule has 1 unspecified atom stereocenters. The first-order chi connectivity index (χ1) is 9.84. The van der Waals surface area contributed by atoms with Gasteiger partial charge in [-0.05, 0) is 33.2 Å². The minimum atomic E-state index is -1.54. The summed E-state index contributed by atoms with van der Waals surface area (Å²) in [5.41, 5.74) is -0.443. The minimum absolute atomic E-state index is 0.0529. The maximum Gasteiger partial charge on any atom is 0.203 e. The average Bonchev–Trinajstić information content (AvgIpc) is 2.47. The molecule has 0 spiro atoms. The predicted molar refractivity (Wildman–Crippen MR) is 70.2 cm³/mol. The lowest BCUT2D eigenvalue weighted by Crippen LogP contribution is -2.43. The Morgan fingerprint density at radius 2 is 1.71 bits per heavy atom. The molecule has 0 aliphatic heterocycles. The number of halogens is 4. The van der Waals surface area contributed by atoms with Crippen molar-refractivity contribution in [1.82, 2.24) is 5.32 Å². The van der Waals surface area contributed by atoms with E-state index in [0.29, 0.717) is 19.3 Å². The number of rotatable bonds is 8. The molecule has 0 aromatic heterocycles. The molecule has 3 nitrogen and oxygen atoms in total. The van der Waals surface area contributed by atoms with E-state index in [-0.39, 0.29) is 19.3 Å². The lowest BCUT2D eigenvalue weighted by Gasteiger charge is -2.26. The summed E-state index contributed by atoms with van der Waals surface area (Å²) in [7, 11) is 1.72. The van der Waals surface area contributed by atoms with Gasteiger partial charge >= 0.3 is 0 Å². The van der Waals surface area contributed by atoms with Crippen LogP contribution in [-0.2, 0) is 0 Å². The van der Waals surface area contributed by atoms with E-state index in [4.69, 9.17) is 4.74 Å². The second-order valence-electron chi connectivity index (χ2n) is 5.07. The highest BCUT2D eigenvalue weighted by atomic mass is 19.2. The lowest BCUT2D eigenvalue weighted by molar-refractivity contribution is 0.167. The van der Waals surface area contributed by atoms with Crippen LogP contribution in [0.5, 0.6) is 5.75 Å². The molecule has 1 rings (SSSR count). The zero-order chi connectivity index (χ0) is 16.0. The van der Waals surface area contributed by atoms with Crippen LogP contribution in [0.4, 0.5) is 17.6 Å². The molecule has 7 heteroatoms. The van der Waals surface area contributed by atoms with Gasteiger partial charge in [-0.2, -0.15) is 8.78 Å². The van der Waals surface area contributed by atoms with Crippen LogP contribution in [0.1, 0.15) is 26.2 Å².